The maximum absolute atomic E-state index is 12.6. The molecule has 1 aliphatic rings. The number of nitrogens with two attached hydrogens (primary N) is 1. The van der Waals surface area contributed by atoms with Gasteiger partial charge in [0.25, 0.3) is 5.91 Å². The van der Waals surface area contributed by atoms with Crippen molar-refractivity contribution in [1.82, 2.24) is 14.9 Å². The quantitative estimate of drug-likeness (QED) is 0.457. The highest BCUT2D eigenvalue weighted by atomic mass is 19.4. The maximum atomic E-state index is 12.6. The third-order valence-corrected chi connectivity index (χ3v) is 5.69. The molecule has 12 heteroatoms. The molecular formula is C24H24F3N7O2. The van der Waals surface area contributed by atoms with E-state index in [4.69, 9.17) is 5.73 Å². The molecule has 2 amide bonds. The minimum atomic E-state index is -4.85. The van der Waals surface area contributed by atoms with Crippen molar-refractivity contribution in [2.45, 2.75) is 12.7 Å². The van der Waals surface area contributed by atoms with Gasteiger partial charge < -0.3 is 26.2 Å². The Labute approximate surface area is 205 Å². The van der Waals surface area contributed by atoms with Crippen molar-refractivity contribution in [1.29, 1.82) is 0 Å². The number of benzene rings is 1. The lowest BCUT2D eigenvalue weighted by molar-refractivity contribution is -0.185. The van der Waals surface area contributed by atoms with Gasteiger partial charge in [-0.3, -0.25) is 14.6 Å². The fourth-order valence-corrected chi connectivity index (χ4v) is 3.82. The highest BCUT2D eigenvalue weighted by molar-refractivity contribution is 5.98. The predicted octanol–water partition coefficient (Wildman–Crippen LogP) is 3.14. The van der Waals surface area contributed by atoms with Gasteiger partial charge in [0.1, 0.15) is 5.82 Å². The van der Waals surface area contributed by atoms with Crippen LogP contribution in [-0.4, -0.2) is 59.0 Å². The number of alkyl halides is 3. The molecule has 0 saturated carbocycles. The molecule has 1 aliphatic heterocycles. The van der Waals surface area contributed by atoms with Crippen LogP contribution < -0.4 is 21.3 Å². The molecule has 3 aromatic rings. The first-order valence-corrected chi connectivity index (χ1v) is 11.1. The van der Waals surface area contributed by atoms with E-state index < -0.39 is 18.0 Å². The first kappa shape index (κ1) is 24.8. The second-order valence-corrected chi connectivity index (χ2v) is 8.14. The van der Waals surface area contributed by atoms with Crippen LogP contribution in [0.5, 0.6) is 0 Å². The summed E-state index contributed by atoms with van der Waals surface area (Å²) in [5.41, 5.74) is 8.74. The zero-order valence-corrected chi connectivity index (χ0v) is 19.1. The van der Waals surface area contributed by atoms with Crippen LogP contribution in [0.4, 0.5) is 36.1 Å². The van der Waals surface area contributed by atoms with Gasteiger partial charge in [0.2, 0.25) is 0 Å². The molecule has 0 radical (unpaired) electrons. The average Bonchev–Trinajstić information content (AvgIpc) is 2.87. The van der Waals surface area contributed by atoms with Crippen molar-refractivity contribution in [3.8, 4) is 0 Å². The summed E-state index contributed by atoms with van der Waals surface area (Å²) in [6, 6.07) is 12.7. The van der Waals surface area contributed by atoms with Crippen molar-refractivity contribution in [2.75, 3.05) is 41.7 Å². The Bertz CT molecular complexity index is 1210. The van der Waals surface area contributed by atoms with Gasteiger partial charge in [-0.05, 0) is 35.9 Å². The van der Waals surface area contributed by atoms with Crippen molar-refractivity contribution in [3.05, 3.63) is 72.2 Å². The van der Waals surface area contributed by atoms with E-state index in [1.807, 2.05) is 41.3 Å². The molecule has 36 heavy (non-hydrogen) atoms. The first-order chi connectivity index (χ1) is 17.2. The minimum absolute atomic E-state index is 0.00327. The Morgan fingerprint density at radius 2 is 1.75 bits per heavy atom. The molecule has 0 aliphatic carbocycles. The summed E-state index contributed by atoms with van der Waals surface area (Å²) in [4.78, 5) is 34.3. The number of primary amides is 1. The number of nitrogens with one attached hydrogen (secondary N) is 2. The van der Waals surface area contributed by atoms with Crippen LogP contribution in [0.2, 0.25) is 0 Å². The molecule has 4 rings (SSSR count). The zero-order valence-electron chi connectivity index (χ0n) is 19.1. The van der Waals surface area contributed by atoms with Crippen LogP contribution in [-0.2, 0) is 11.3 Å². The van der Waals surface area contributed by atoms with E-state index in [0.29, 0.717) is 31.1 Å². The van der Waals surface area contributed by atoms with Crippen molar-refractivity contribution in [2.24, 2.45) is 5.73 Å². The highest BCUT2D eigenvalue weighted by Gasteiger charge is 2.43. The number of amides is 2. The van der Waals surface area contributed by atoms with Gasteiger partial charge in [-0.15, -0.1) is 0 Å². The fourth-order valence-electron chi connectivity index (χ4n) is 3.82. The van der Waals surface area contributed by atoms with Crippen LogP contribution in [0.1, 0.15) is 15.9 Å². The molecule has 0 unspecified atom stereocenters. The number of piperazine rings is 1. The summed E-state index contributed by atoms with van der Waals surface area (Å²) < 4.78 is 37.9. The van der Waals surface area contributed by atoms with E-state index in [1.54, 1.807) is 18.5 Å². The van der Waals surface area contributed by atoms with E-state index in [0.717, 1.165) is 21.8 Å². The van der Waals surface area contributed by atoms with Crippen LogP contribution >= 0.6 is 0 Å². The first-order valence-electron chi connectivity index (χ1n) is 11.1. The van der Waals surface area contributed by atoms with Crippen molar-refractivity contribution >= 4 is 34.7 Å². The van der Waals surface area contributed by atoms with Crippen LogP contribution in [0.25, 0.3) is 0 Å². The lowest BCUT2D eigenvalue weighted by Gasteiger charge is -2.36. The number of pyridine rings is 2. The molecule has 0 atom stereocenters. The summed E-state index contributed by atoms with van der Waals surface area (Å²) >= 11 is 0. The summed E-state index contributed by atoms with van der Waals surface area (Å²) in [6.07, 6.45) is -0.0700. The number of nitrogens with zero attached hydrogens (tertiary/aromatic N) is 4. The Morgan fingerprint density at radius 1 is 1.03 bits per heavy atom. The average molecular weight is 499 g/mol. The topological polar surface area (TPSA) is 116 Å². The molecule has 2 aromatic heterocycles. The summed E-state index contributed by atoms with van der Waals surface area (Å²) in [5, 5.41) is 6.35. The number of carbonyl (C=O) groups excluding carboxylic acids is 2. The summed E-state index contributed by atoms with van der Waals surface area (Å²) in [7, 11) is 0. The highest BCUT2D eigenvalue weighted by Crippen LogP contribution is 2.25. The normalized spacial score (nSPS) is 13.9. The standard InChI is InChI=1S/C24H24F3N7O2/c25-24(26,27)23(36)34-10-8-33(9-11-34)18-5-3-17(4-6-18)32-21-12-20(19(15-31-21)22(28)35)30-14-16-2-1-7-29-13-16/h1-7,12-13,15H,8-11,14H2,(H2,28,35)(H2,30,31,32). The Kier molecular flexibility index (Phi) is 7.23. The second kappa shape index (κ2) is 10.5. The lowest BCUT2D eigenvalue weighted by atomic mass is 10.2. The van der Waals surface area contributed by atoms with Crippen LogP contribution in [0, 0.1) is 0 Å². The number of hydrogen-bond acceptors (Lipinski definition) is 7. The Morgan fingerprint density at radius 3 is 2.36 bits per heavy atom. The van der Waals surface area contributed by atoms with E-state index in [1.165, 1.54) is 6.20 Å². The van der Waals surface area contributed by atoms with E-state index in [-0.39, 0.29) is 18.7 Å². The lowest BCUT2D eigenvalue weighted by Crippen LogP contribution is -2.52. The smallest absolute Gasteiger partial charge is 0.380 e. The largest absolute Gasteiger partial charge is 0.471 e. The van der Waals surface area contributed by atoms with Gasteiger partial charge in [-0.1, -0.05) is 6.07 Å². The predicted molar refractivity (Wildman–Crippen MR) is 129 cm³/mol. The molecule has 0 bridgehead atoms. The van der Waals surface area contributed by atoms with Gasteiger partial charge >= 0.3 is 12.1 Å². The SMILES string of the molecule is NC(=O)c1cnc(Nc2ccc(N3CCN(C(=O)C(F)(F)F)CC3)cc2)cc1NCc1cccnc1. The third kappa shape index (κ3) is 6.01. The van der Waals surface area contributed by atoms with Crippen molar-refractivity contribution < 1.29 is 22.8 Å². The van der Waals surface area contributed by atoms with E-state index in [9.17, 15) is 22.8 Å². The number of rotatable bonds is 7. The Hall–Kier alpha value is -4.35. The molecule has 1 saturated heterocycles. The third-order valence-electron chi connectivity index (χ3n) is 5.69. The van der Waals surface area contributed by atoms with Gasteiger partial charge in [-0.2, -0.15) is 13.2 Å². The number of anilines is 4. The molecular weight excluding hydrogens is 475 g/mol. The molecule has 1 fully saturated rings. The van der Waals surface area contributed by atoms with E-state index in [2.05, 4.69) is 20.6 Å². The fraction of sp³-hybridized carbons (Fsp3) is 0.250. The summed E-state index contributed by atoms with van der Waals surface area (Å²) in [5.74, 6) is -1.92. The van der Waals surface area contributed by atoms with Crippen LogP contribution in [0.15, 0.2) is 61.1 Å². The maximum Gasteiger partial charge on any atom is 0.471 e. The zero-order chi connectivity index (χ0) is 25.7. The van der Waals surface area contributed by atoms with Gasteiger partial charge in [0, 0.05) is 68.8 Å². The molecule has 0 spiro atoms. The summed E-state index contributed by atoms with van der Waals surface area (Å²) in [6.45, 7) is 1.05. The number of hydrogen-bond donors (Lipinski definition) is 3. The number of carbonyl (C=O) groups is 2. The molecule has 9 nitrogen and oxygen atoms in total. The van der Waals surface area contributed by atoms with Gasteiger partial charge in [0.05, 0.1) is 11.3 Å². The number of halogens is 3. The second-order valence-electron chi connectivity index (χ2n) is 8.14. The van der Waals surface area contributed by atoms with Gasteiger partial charge in [0.15, 0.2) is 0 Å². The molecule has 1 aromatic carbocycles. The van der Waals surface area contributed by atoms with Gasteiger partial charge in [-0.25, -0.2) is 4.98 Å². The number of aromatic nitrogens is 2. The minimum Gasteiger partial charge on any atom is -0.380 e. The Balaban J connectivity index is 1.39. The molecule has 4 N–H and O–H groups in total. The molecule has 3 heterocycles. The van der Waals surface area contributed by atoms with Crippen LogP contribution in [0.3, 0.4) is 0 Å². The molecule has 188 valence electrons. The van der Waals surface area contributed by atoms with Crippen molar-refractivity contribution in [3.63, 3.8) is 0 Å². The van der Waals surface area contributed by atoms with E-state index >= 15 is 0 Å². The monoisotopic (exact) mass is 499 g/mol.